The van der Waals surface area contributed by atoms with Crippen molar-refractivity contribution in [3.05, 3.63) is 84.5 Å². The number of ether oxygens (including phenoxy) is 1. The normalized spacial score (nSPS) is 29.0. The van der Waals surface area contributed by atoms with E-state index in [9.17, 15) is 8.42 Å². The number of aryl methyl sites for hydroxylation is 1. The molecule has 0 saturated heterocycles. The highest BCUT2D eigenvalue weighted by atomic mass is 32.2. The first-order valence-electron chi connectivity index (χ1n) is 9.15. The predicted octanol–water partition coefficient (Wildman–Crippen LogP) is 4.62. The molecule has 3 atom stereocenters. The lowest BCUT2D eigenvalue weighted by atomic mass is 9.79. The molecule has 0 heterocycles. The van der Waals surface area contributed by atoms with E-state index in [0.29, 0.717) is 11.3 Å². The summed E-state index contributed by atoms with van der Waals surface area (Å²) in [6.07, 6.45) is 7.36. The van der Waals surface area contributed by atoms with Crippen molar-refractivity contribution in [1.82, 2.24) is 0 Å². The molecule has 2 aromatic rings. The van der Waals surface area contributed by atoms with Gasteiger partial charge in [0.15, 0.2) is 9.84 Å². The fraction of sp³-hybridized carbons (Fsp3) is 0.304. The standard InChI is InChI=1S/C23H24O3S/c1-4-22-14-13-21(27(24,25)20-11-5-17(2)6-12-20)15-23(22,16-22)18-7-9-19(26-3)10-8-18/h4-14,21H,1,15-16H2,2-3H3/t21?,22?,23-/m1/s1. The Balaban J connectivity index is 1.72. The quantitative estimate of drug-likeness (QED) is 0.711. The molecule has 0 aliphatic heterocycles. The molecule has 0 N–H and O–H groups in total. The second-order valence-corrected chi connectivity index (χ2v) is 9.86. The zero-order chi connectivity index (χ0) is 19.3. The van der Waals surface area contributed by atoms with Gasteiger partial charge in [0.25, 0.3) is 0 Å². The summed E-state index contributed by atoms with van der Waals surface area (Å²) in [6.45, 7) is 5.99. The fourth-order valence-corrected chi connectivity index (χ4v) is 6.13. The molecule has 4 rings (SSSR count). The molecule has 0 radical (unpaired) electrons. The van der Waals surface area contributed by atoms with Crippen LogP contribution in [0.15, 0.2) is 78.2 Å². The monoisotopic (exact) mass is 380 g/mol. The molecular weight excluding hydrogens is 356 g/mol. The Hall–Kier alpha value is -2.33. The molecule has 2 unspecified atom stereocenters. The summed E-state index contributed by atoms with van der Waals surface area (Å²) in [6, 6.07) is 15.1. The highest BCUT2D eigenvalue weighted by molar-refractivity contribution is 7.92. The lowest BCUT2D eigenvalue weighted by Crippen LogP contribution is -2.31. The topological polar surface area (TPSA) is 43.4 Å². The van der Waals surface area contributed by atoms with Crippen LogP contribution in [0, 0.1) is 12.3 Å². The van der Waals surface area contributed by atoms with Gasteiger partial charge in [0.1, 0.15) is 5.75 Å². The van der Waals surface area contributed by atoms with Gasteiger partial charge >= 0.3 is 0 Å². The van der Waals surface area contributed by atoms with Crippen LogP contribution in [0.4, 0.5) is 0 Å². The Morgan fingerprint density at radius 3 is 2.37 bits per heavy atom. The summed E-state index contributed by atoms with van der Waals surface area (Å²) in [5.74, 6) is 0.801. The zero-order valence-corrected chi connectivity index (χ0v) is 16.5. The molecule has 2 aliphatic rings. The first-order valence-corrected chi connectivity index (χ1v) is 10.7. The third kappa shape index (κ3) is 2.66. The van der Waals surface area contributed by atoms with Crippen molar-refractivity contribution in [3.63, 3.8) is 0 Å². The largest absolute Gasteiger partial charge is 0.497 e. The van der Waals surface area contributed by atoms with E-state index in [4.69, 9.17) is 4.74 Å². The molecule has 4 heteroatoms. The molecule has 0 bridgehead atoms. The van der Waals surface area contributed by atoms with E-state index in [-0.39, 0.29) is 10.8 Å². The van der Waals surface area contributed by atoms with Gasteiger partial charge < -0.3 is 4.74 Å². The van der Waals surface area contributed by atoms with Crippen molar-refractivity contribution < 1.29 is 13.2 Å². The van der Waals surface area contributed by atoms with Gasteiger partial charge in [-0.3, -0.25) is 0 Å². The van der Waals surface area contributed by atoms with Crippen LogP contribution in [-0.4, -0.2) is 20.8 Å². The maximum Gasteiger partial charge on any atom is 0.184 e. The van der Waals surface area contributed by atoms with Gasteiger partial charge in [-0.15, -0.1) is 6.58 Å². The van der Waals surface area contributed by atoms with Crippen molar-refractivity contribution in [2.45, 2.75) is 35.3 Å². The van der Waals surface area contributed by atoms with Crippen LogP contribution in [0.5, 0.6) is 5.75 Å². The van der Waals surface area contributed by atoms with Gasteiger partial charge in [0.05, 0.1) is 17.3 Å². The Morgan fingerprint density at radius 1 is 1.11 bits per heavy atom. The summed E-state index contributed by atoms with van der Waals surface area (Å²) in [4.78, 5) is 0.388. The third-order valence-electron chi connectivity index (χ3n) is 6.27. The minimum Gasteiger partial charge on any atom is -0.497 e. The molecule has 1 saturated carbocycles. The number of benzene rings is 2. The average Bonchev–Trinajstić information content (AvgIpc) is 3.38. The van der Waals surface area contributed by atoms with Crippen molar-refractivity contribution in [3.8, 4) is 5.75 Å². The highest BCUT2D eigenvalue weighted by Gasteiger charge is 2.67. The van der Waals surface area contributed by atoms with Crippen molar-refractivity contribution in [2.24, 2.45) is 5.41 Å². The molecule has 140 valence electrons. The van der Waals surface area contributed by atoms with Crippen LogP contribution in [0.2, 0.25) is 0 Å². The van der Waals surface area contributed by atoms with Gasteiger partial charge in [-0.2, -0.15) is 0 Å². The number of allylic oxidation sites excluding steroid dienone is 2. The molecule has 3 nitrogen and oxygen atoms in total. The van der Waals surface area contributed by atoms with Crippen LogP contribution in [-0.2, 0) is 15.3 Å². The van der Waals surface area contributed by atoms with Gasteiger partial charge in [0, 0.05) is 10.8 Å². The number of sulfone groups is 1. The number of hydrogen-bond donors (Lipinski definition) is 0. The van der Waals surface area contributed by atoms with Crippen LogP contribution >= 0.6 is 0 Å². The first kappa shape index (κ1) is 18.1. The molecule has 0 spiro atoms. The summed E-state index contributed by atoms with van der Waals surface area (Å²) < 4.78 is 31.7. The minimum absolute atomic E-state index is 0.152. The fourth-order valence-electron chi connectivity index (χ4n) is 4.48. The van der Waals surface area contributed by atoms with Crippen molar-refractivity contribution in [1.29, 1.82) is 0 Å². The second kappa shape index (κ2) is 6.10. The number of methoxy groups -OCH3 is 1. The second-order valence-electron chi connectivity index (χ2n) is 7.69. The molecular formula is C23H24O3S. The molecule has 2 aromatic carbocycles. The third-order valence-corrected chi connectivity index (χ3v) is 8.32. The summed E-state index contributed by atoms with van der Waals surface area (Å²) in [5, 5.41) is -0.530. The van der Waals surface area contributed by atoms with E-state index >= 15 is 0 Å². The SMILES string of the molecule is C=CC12C=CC(S(=O)(=O)c3ccc(C)cc3)C[C@]1(c1ccc(OC)cc1)C2. The first-order chi connectivity index (χ1) is 12.9. The maximum atomic E-state index is 13.2. The van der Waals surface area contributed by atoms with Gasteiger partial charge in [0.2, 0.25) is 0 Å². The Kier molecular flexibility index (Phi) is 4.08. The Bertz CT molecular complexity index is 1000. The molecule has 0 amide bonds. The van der Waals surface area contributed by atoms with Crippen molar-refractivity contribution in [2.75, 3.05) is 7.11 Å². The van der Waals surface area contributed by atoms with E-state index in [1.165, 1.54) is 0 Å². The van der Waals surface area contributed by atoms with Crippen molar-refractivity contribution >= 4 is 9.84 Å². The summed E-state index contributed by atoms with van der Waals surface area (Å²) in [7, 11) is -1.78. The van der Waals surface area contributed by atoms with E-state index in [1.54, 1.807) is 19.2 Å². The lowest BCUT2D eigenvalue weighted by molar-refractivity contribution is 0.414. The Labute approximate surface area is 161 Å². The maximum absolute atomic E-state index is 13.2. The molecule has 1 fully saturated rings. The van der Waals surface area contributed by atoms with E-state index in [0.717, 1.165) is 23.3 Å². The number of rotatable bonds is 5. The van der Waals surface area contributed by atoms with E-state index in [2.05, 4.69) is 24.8 Å². The average molecular weight is 381 g/mol. The molecule has 0 aromatic heterocycles. The van der Waals surface area contributed by atoms with Crippen LogP contribution in [0.25, 0.3) is 0 Å². The minimum atomic E-state index is -3.42. The predicted molar refractivity (Wildman–Crippen MR) is 108 cm³/mol. The van der Waals surface area contributed by atoms with Gasteiger partial charge in [-0.1, -0.05) is 48.1 Å². The highest BCUT2D eigenvalue weighted by Crippen LogP contribution is 2.71. The van der Waals surface area contributed by atoms with Gasteiger partial charge in [-0.25, -0.2) is 8.42 Å². The molecule has 2 aliphatic carbocycles. The molecule has 27 heavy (non-hydrogen) atoms. The zero-order valence-electron chi connectivity index (χ0n) is 15.7. The van der Waals surface area contributed by atoms with E-state index < -0.39 is 15.1 Å². The van der Waals surface area contributed by atoms with Crippen LogP contribution in [0.3, 0.4) is 0 Å². The van der Waals surface area contributed by atoms with Crippen LogP contribution in [0.1, 0.15) is 24.0 Å². The number of hydrogen-bond acceptors (Lipinski definition) is 3. The van der Waals surface area contributed by atoms with Gasteiger partial charge in [-0.05, 0) is 49.6 Å². The smallest absolute Gasteiger partial charge is 0.184 e. The lowest BCUT2D eigenvalue weighted by Gasteiger charge is -2.30. The Morgan fingerprint density at radius 2 is 1.78 bits per heavy atom. The number of fused-ring (bicyclic) bond motifs is 1. The summed E-state index contributed by atoms with van der Waals surface area (Å²) in [5.41, 5.74) is 1.84. The van der Waals surface area contributed by atoms with Crippen LogP contribution < -0.4 is 4.74 Å². The van der Waals surface area contributed by atoms with E-state index in [1.807, 2.05) is 43.3 Å². The summed E-state index contributed by atoms with van der Waals surface area (Å²) >= 11 is 0.